The Hall–Kier alpha value is -2.64. The summed E-state index contributed by atoms with van der Waals surface area (Å²) in [4.78, 5) is 26.3. The standard InChI is InChI=1S/C28H41N3O4/c1-19(2)16-24(31-27(33)22(29)17-20-10-5-3-6-11-20)28(34)30-23(18-21-12-7-4-8-13-21)26(32)25-14-9-15-35-25/h3,5-6,9-11,14-15,19,21-24,26,32H,4,7-8,12-13,16-18,29H2,1-2H3,(H,30,34)(H,31,33)/t22-,23+,24-,26-/m0/s1. The van der Waals surface area contributed by atoms with Crippen LogP contribution in [0.5, 0.6) is 0 Å². The number of nitrogens with one attached hydrogen (secondary N) is 2. The SMILES string of the molecule is CC(C)C[C@H](NC(=O)[C@@H](N)Cc1ccccc1)C(=O)N[C@H](CC1CCCCC1)[C@H](O)c1ccco1. The molecule has 35 heavy (non-hydrogen) atoms. The van der Waals surface area contributed by atoms with Crippen molar-refractivity contribution in [2.45, 2.75) is 89.4 Å². The molecule has 0 bridgehead atoms. The molecule has 0 radical (unpaired) electrons. The molecule has 192 valence electrons. The lowest BCUT2D eigenvalue weighted by molar-refractivity contribution is -0.131. The van der Waals surface area contributed by atoms with E-state index in [2.05, 4.69) is 10.6 Å². The number of hydrogen-bond donors (Lipinski definition) is 4. The molecule has 1 heterocycles. The molecule has 2 amide bonds. The Morgan fingerprint density at radius 3 is 2.37 bits per heavy atom. The van der Waals surface area contributed by atoms with Crippen molar-refractivity contribution in [1.82, 2.24) is 10.6 Å². The zero-order valence-electron chi connectivity index (χ0n) is 21.0. The average molecular weight is 484 g/mol. The van der Waals surface area contributed by atoms with Gasteiger partial charge in [-0.05, 0) is 48.8 Å². The van der Waals surface area contributed by atoms with Crippen molar-refractivity contribution in [2.24, 2.45) is 17.6 Å². The van der Waals surface area contributed by atoms with E-state index < -0.39 is 24.2 Å². The normalized spacial score (nSPS) is 18.0. The van der Waals surface area contributed by atoms with Crippen molar-refractivity contribution in [3.8, 4) is 0 Å². The van der Waals surface area contributed by atoms with Crippen LogP contribution in [0.1, 0.15) is 76.2 Å². The predicted molar refractivity (Wildman–Crippen MR) is 136 cm³/mol. The van der Waals surface area contributed by atoms with E-state index in [0.717, 1.165) is 18.4 Å². The molecule has 1 aromatic heterocycles. The first-order valence-corrected chi connectivity index (χ1v) is 12.9. The van der Waals surface area contributed by atoms with E-state index in [-0.39, 0.29) is 17.7 Å². The van der Waals surface area contributed by atoms with Gasteiger partial charge in [-0.25, -0.2) is 0 Å². The second kappa shape index (κ2) is 13.4. The molecule has 1 aliphatic rings. The lowest BCUT2D eigenvalue weighted by atomic mass is 9.83. The molecule has 5 N–H and O–H groups in total. The van der Waals surface area contributed by atoms with Gasteiger partial charge in [-0.1, -0.05) is 76.3 Å². The van der Waals surface area contributed by atoms with Gasteiger partial charge in [-0.15, -0.1) is 0 Å². The van der Waals surface area contributed by atoms with Crippen LogP contribution in [0.25, 0.3) is 0 Å². The second-order valence-electron chi connectivity index (χ2n) is 10.3. The number of amides is 2. The van der Waals surface area contributed by atoms with Crippen molar-refractivity contribution < 1.29 is 19.1 Å². The highest BCUT2D eigenvalue weighted by Gasteiger charge is 2.32. The van der Waals surface area contributed by atoms with Crippen LogP contribution in [0.15, 0.2) is 53.1 Å². The van der Waals surface area contributed by atoms with Gasteiger partial charge in [-0.2, -0.15) is 0 Å². The number of carbonyl (C=O) groups is 2. The molecule has 4 atom stereocenters. The van der Waals surface area contributed by atoms with Crippen LogP contribution in [0.3, 0.4) is 0 Å². The first kappa shape index (κ1) is 27.0. The zero-order chi connectivity index (χ0) is 25.2. The van der Waals surface area contributed by atoms with Crippen molar-refractivity contribution >= 4 is 11.8 Å². The van der Waals surface area contributed by atoms with Crippen molar-refractivity contribution in [3.63, 3.8) is 0 Å². The predicted octanol–water partition coefficient (Wildman–Crippen LogP) is 3.87. The maximum absolute atomic E-state index is 13.4. The molecule has 7 nitrogen and oxygen atoms in total. The Bertz CT molecular complexity index is 894. The molecule has 3 rings (SSSR count). The molecule has 1 aromatic carbocycles. The van der Waals surface area contributed by atoms with Crippen LogP contribution >= 0.6 is 0 Å². The molecule has 0 aliphatic heterocycles. The van der Waals surface area contributed by atoms with Gasteiger partial charge in [0.2, 0.25) is 11.8 Å². The Balaban J connectivity index is 1.68. The number of carbonyl (C=O) groups excluding carboxylic acids is 2. The van der Waals surface area contributed by atoms with Gasteiger partial charge in [-0.3, -0.25) is 9.59 Å². The highest BCUT2D eigenvalue weighted by Crippen LogP contribution is 2.31. The minimum absolute atomic E-state index is 0.184. The Morgan fingerprint density at radius 1 is 1.03 bits per heavy atom. The first-order valence-electron chi connectivity index (χ1n) is 12.9. The summed E-state index contributed by atoms with van der Waals surface area (Å²) in [5, 5.41) is 16.9. The van der Waals surface area contributed by atoms with Crippen molar-refractivity contribution in [2.75, 3.05) is 0 Å². The van der Waals surface area contributed by atoms with E-state index in [1.54, 1.807) is 12.1 Å². The fraction of sp³-hybridized carbons (Fsp3) is 0.571. The molecule has 0 unspecified atom stereocenters. The summed E-state index contributed by atoms with van der Waals surface area (Å²) in [6.45, 7) is 4.01. The smallest absolute Gasteiger partial charge is 0.242 e. The van der Waals surface area contributed by atoms with Crippen molar-refractivity contribution in [3.05, 3.63) is 60.1 Å². The van der Waals surface area contributed by atoms with Crippen LogP contribution in [0, 0.1) is 11.8 Å². The Labute approximate surface area is 208 Å². The molecule has 1 saturated carbocycles. The number of furan rings is 1. The monoisotopic (exact) mass is 483 g/mol. The summed E-state index contributed by atoms with van der Waals surface area (Å²) in [5.74, 6) is 0.398. The third-order valence-electron chi connectivity index (χ3n) is 6.83. The largest absolute Gasteiger partial charge is 0.467 e. The van der Waals surface area contributed by atoms with Gasteiger partial charge in [0.25, 0.3) is 0 Å². The summed E-state index contributed by atoms with van der Waals surface area (Å²) in [6.07, 6.45) is 7.88. The lowest BCUT2D eigenvalue weighted by Gasteiger charge is -2.31. The zero-order valence-corrected chi connectivity index (χ0v) is 21.0. The summed E-state index contributed by atoms with van der Waals surface area (Å²) in [5.41, 5.74) is 7.14. The van der Waals surface area contributed by atoms with Gasteiger partial charge in [0.05, 0.1) is 18.3 Å². The number of aliphatic hydroxyl groups excluding tert-OH is 1. The minimum Gasteiger partial charge on any atom is -0.467 e. The van der Waals surface area contributed by atoms with E-state index in [1.807, 2.05) is 44.2 Å². The number of rotatable bonds is 12. The van der Waals surface area contributed by atoms with Crippen LogP contribution < -0.4 is 16.4 Å². The average Bonchev–Trinajstić information content (AvgIpc) is 3.38. The Morgan fingerprint density at radius 2 is 1.74 bits per heavy atom. The quantitative estimate of drug-likeness (QED) is 0.366. The van der Waals surface area contributed by atoms with E-state index >= 15 is 0 Å². The molecule has 2 aromatic rings. The summed E-state index contributed by atoms with van der Waals surface area (Å²) in [7, 11) is 0. The van der Waals surface area contributed by atoms with Crippen LogP contribution in [0.2, 0.25) is 0 Å². The third-order valence-corrected chi connectivity index (χ3v) is 6.83. The van der Waals surface area contributed by atoms with Crippen LogP contribution in [-0.2, 0) is 16.0 Å². The van der Waals surface area contributed by atoms with E-state index in [9.17, 15) is 14.7 Å². The van der Waals surface area contributed by atoms with E-state index in [4.69, 9.17) is 10.2 Å². The van der Waals surface area contributed by atoms with Crippen LogP contribution in [-0.4, -0.2) is 35.0 Å². The van der Waals surface area contributed by atoms with Crippen LogP contribution in [0.4, 0.5) is 0 Å². The van der Waals surface area contributed by atoms with E-state index in [0.29, 0.717) is 30.9 Å². The van der Waals surface area contributed by atoms with Gasteiger partial charge in [0.1, 0.15) is 17.9 Å². The van der Waals surface area contributed by atoms with E-state index in [1.165, 1.54) is 25.5 Å². The molecular formula is C28H41N3O4. The second-order valence-corrected chi connectivity index (χ2v) is 10.3. The van der Waals surface area contributed by atoms with Gasteiger partial charge in [0, 0.05) is 0 Å². The fourth-order valence-electron chi connectivity index (χ4n) is 4.93. The molecule has 1 fully saturated rings. The fourth-order valence-corrected chi connectivity index (χ4v) is 4.93. The first-order chi connectivity index (χ1) is 16.8. The summed E-state index contributed by atoms with van der Waals surface area (Å²) >= 11 is 0. The lowest BCUT2D eigenvalue weighted by Crippen LogP contribution is -2.55. The number of aliphatic hydroxyl groups is 1. The third kappa shape index (κ3) is 8.51. The number of hydrogen-bond acceptors (Lipinski definition) is 5. The molecule has 1 aliphatic carbocycles. The van der Waals surface area contributed by atoms with Crippen molar-refractivity contribution in [1.29, 1.82) is 0 Å². The summed E-state index contributed by atoms with van der Waals surface area (Å²) in [6, 6.07) is 11.1. The molecule has 0 saturated heterocycles. The maximum Gasteiger partial charge on any atom is 0.242 e. The molecule has 7 heteroatoms. The topological polar surface area (TPSA) is 118 Å². The highest BCUT2D eigenvalue weighted by molar-refractivity contribution is 5.90. The number of benzene rings is 1. The van der Waals surface area contributed by atoms with Gasteiger partial charge >= 0.3 is 0 Å². The molecular weight excluding hydrogens is 442 g/mol. The van der Waals surface area contributed by atoms with Gasteiger partial charge < -0.3 is 25.9 Å². The minimum atomic E-state index is -0.952. The molecule has 0 spiro atoms. The van der Waals surface area contributed by atoms with Gasteiger partial charge in [0.15, 0.2) is 0 Å². The highest BCUT2D eigenvalue weighted by atomic mass is 16.4. The summed E-state index contributed by atoms with van der Waals surface area (Å²) < 4.78 is 5.44. The maximum atomic E-state index is 13.4. The Kier molecular flexibility index (Phi) is 10.4. The number of nitrogens with two attached hydrogens (primary N) is 1.